The van der Waals surface area contributed by atoms with Gasteiger partial charge in [0.2, 0.25) is 0 Å². The van der Waals surface area contributed by atoms with Crippen LogP contribution in [0.2, 0.25) is 0 Å². The molecule has 0 amide bonds. The van der Waals surface area contributed by atoms with E-state index in [-0.39, 0.29) is 33.6 Å². The van der Waals surface area contributed by atoms with Gasteiger partial charge in [-0.2, -0.15) is 0 Å². The van der Waals surface area contributed by atoms with Crippen LogP contribution in [0.25, 0.3) is 11.1 Å². The lowest BCUT2D eigenvalue weighted by molar-refractivity contribution is -0.385. The van der Waals surface area contributed by atoms with Crippen molar-refractivity contribution in [3.05, 3.63) is 67.8 Å². The van der Waals surface area contributed by atoms with E-state index in [0.29, 0.717) is 12.6 Å². The Hall–Kier alpha value is -3.42. The summed E-state index contributed by atoms with van der Waals surface area (Å²) in [6.07, 6.45) is 0.858. The van der Waals surface area contributed by atoms with Crippen molar-refractivity contribution in [3.63, 3.8) is 0 Å². The molecule has 0 radical (unpaired) electrons. The Balaban J connectivity index is 2.65. The maximum Gasteiger partial charge on any atom is 0.270 e. The molecule has 0 unspecified atom stereocenters. The van der Waals surface area contributed by atoms with Gasteiger partial charge in [0.25, 0.3) is 11.4 Å². The Kier molecular flexibility index (Phi) is 4.03. The second-order valence-electron chi connectivity index (χ2n) is 4.29. The highest BCUT2D eigenvalue weighted by Crippen LogP contribution is 2.30. The Bertz CT molecular complexity index is 732. The van der Waals surface area contributed by atoms with Gasteiger partial charge < -0.3 is 0 Å². The second kappa shape index (κ2) is 5.92. The fourth-order valence-electron chi connectivity index (χ4n) is 2.01. The molecule has 0 aromatic heterocycles. The summed E-state index contributed by atoms with van der Waals surface area (Å²) in [4.78, 5) is 42.4. The van der Waals surface area contributed by atoms with Crippen LogP contribution in [0.15, 0.2) is 36.4 Å². The van der Waals surface area contributed by atoms with Gasteiger partial charge in [0.1, 0.15) is 0 Å². The number of carbonyl (C=O) groups excluding carboxylic acids is 2. The summed E-state index contributed by atoms with van der Waals surface area (Å²) in [5, 5.41) is 21.4. The normalized spacial score (nSPS) is 10.0. The van der Waals surface area contributed by atoms with Crippen molar-refractivity contribution in [3.8, 4) is 11.1 Å². The minimum Gasteiger partial charge on any atom is -0.298 e. The zero-order chi connectivity index (χ0) is 16.3. The van der Waals surface area contributed by atoms with E-state index in [1.54, 1.807) is 0 Å². The summed E-state index contributed by atoms with van der Waals surface area (Å²) in [6.45, 7) is 0. The van der Waals surface area contributed by atoms with Crippen LogP contribution in [0.5, 0.6) is 0 Å². The molecule has 0 saturated carbocycles. The van der Waals surface area contributed by atoms with Crippen LogP contribution in [0.1, 0.15) is 20.7 Å². The van der Waals surface area contributed by atoms with Crippen LogP contribution in [0.3, 0.4) is 0 Å². The summed E-state index contributed by atoms with van der Waals surface area (Å²) < 4.78 is 0. The van der Waals surface area contributed by atoms with Gasteiger partial charge in [-0.05, 0) is 23.3 Å². The molecule has 0 heterocycles. The van der Waals surface area contributed by atoms with E-state index in [1.165, 1.54) is 24.3 Å². The summed E-state index contributed by atoms with van der Waals surface area (Å²) in [6, 6.07) is 7.21. The highest BCUT2D eigenvalue weighted by Gasteiger charge is 2.16. The molecule has 110 valence electrons. The average molecular weight is 300 g/mol. The molecule has 2 aromatic carbocycles. The molecule has 0 aliphatic heterocycles. The number of non-ortho nitro benzene ring substituents is 2. The topological polar surface area (TPSA) is 120 Å². The first-order valence-electron chi connectivity index (χ1n) is 5.95. The fourth-order valence-corrected chi connectivity index (χ4v) is 2.01. The number of nitro benzene ring substituents is 2. The molecule has 2 rings (SSSR count). The number of rotatable bonds is 5. The maximum absolute atomic E-state index is 11.1. The number of hydrogen-bond donors (Lipinski definition) is 0. The molecule has 0 atom stereocenters. The van der Waals surface area contributed by atoms with Crippen molar-refractivity contribution in [1.82, 2.24) is 0 Å². The number of hydrogen-bond acceptors (Lipinski definition) is 6. The van der Waals surface area contributed by atoms with Gasteiger partial charge in [0.05, 0.1) is 9.85 Å². The molecule has 0 N–H and O–H groups in total. The third kappa shape index (κ3) is 2.70. The quantitative estimate of drug-likeness (QED) is 0.475. The first kappa shape index (κ1) is 15.0. The molecule has 0 spiro atoms. The van der Waals surface area contributed by atoms with Crippen LogP contribution >= 0.6 is 0 Å². The van der Waals surface area contributed by atoms with Gasteiger partial charge >= 0.3 is 0 Å². The largest absolute Gasteiger partial charge is 0.298 e. The summed E-state index contributed by atoms with van der Waals surface area (Å²) in [5.41, 5.74) is 0.0910. The van der Waals surface area contributed by atoms with Crippen molar-refractivity contribution in [1.29, 1.82) is 0 Å². The van der Waals surface area contributed by atoms with Crippen LogP contribution in [0.4, 0.5) is 11.4 Å². The van der Waals surface area contributed by atoms with E-state index in [1.807, 2.05) is 0 Å². The Morgan fingerprint density at radius 2 is 1.09 bits per heavy atom. The zero-order valence-electron chi connectivity index (χ0n) is 11.0. The Morgan fingerprint density at radius 3 is 1.36 bits per heavy atom. The highest BCUT2D eigenvalue weighted by molar-refractivity contribution is 5.95. The molecule has 0 aliphatic rings. The lowest BCUT2D eigenvalue weighted by Gasteiger charge is -2.07. The molecule has 22 heavy (non-hydrogen) atoms. The average Bonchev–Trinajstić information content (AvgIpc) is 2.53. The predicted molar refractivity (Wildman–Crippen MR) is 76.0 cm³/mol. The summed E-state index contributed by atoms with van der Waals surface area (Å²) in [5.74, 6) is 0. The van der Waals surface area contributed by atoms with Gasteiger partial charge in [-0.1, -0.05) is 0 Å². The van der Waals surface area contributed by atoms with Crippen LogP contribution < -0.4 is 0 Å². The van der Waals surface area contributed by atoms with E-state index >= 15 is 0 Å². The van der Waals surface area contributed by atoms with Crippen molar-refractivity contribution in [2.75, 3.05) is 0 Å². The number of nitro groups is 2. The van der Waals surface area contributed by atoms with E-state index in [9.17, 15) is 29.8 Å². The fraction of sp³-hybridized carbons (Fsp3) is 0. The minimum absolute atomic E-state index is 0.0196. The molecule has 0 fully saturated rings. The van der Waals surface area contributed by atoms with Gasteiger partial charge in [-0.25, -0.2) is 0 Å². The molecular formula is C14H8N2O6. The Morgan fingerprint density at radius 1 is 0.727 bits per heavy atom. The molecule has 8 heteroatoms. The molecule has 0 bridgehead atoms. The highest BCUT2D eigenvalue weighted by atomic mass is 16.6. The maximum atomic E-state index is 11.1. The number of nitrogens with zero attached hydrogens (tertiary/aromatic N) is 2. The second-order valence-corrected chi connectivity index (χ2v) is 4.29. The SMILES string of the molecule is O=Cc1cc([N+](=O)[O-])ccc1-c1ccc([N+](=O)[O-])cc1C=O. The smallest absolute Gasteiger partial charge is 0.270 e. The number of aldehydes is 2. The van der Waals surface area contributed by atoms with E-state index in [2.05, 4.69) is 0 Å². The predicted octanol–water partition coefficient (Wildman–Crippen LogP) is 2.80. The first-order chi connectivity index (χ1) is 10.5. The van der Waals surface area contributed by atoms with Crippen LogP contribution in [0, 0.1) is 20.2 Å². The minimum atomic E-state index is -0.646. The van der Waals surface area contributed by atoms with Crippen molar-refractivity contribution in [2.24, 2.45) is 0 Å². The van der Waals surface area contributed by atoms with Crippen LogP contribution in [-0.2, 0) is 0 Å². The summed E-state index contributed by atoms with van der Waals surface area (Å²) >= 11 is 0. The third-order valence-corrected chi connectivity index (χ3v) is 3.04. The zero-order valence-corrected chi connectivity index (χ0v) is 11.0. The van der Waals surface area contributed by atoms with Gasteiger partial charge in [0, 0.05) is 35.4 Å². The van der Waals surface area contributed by atoms with Gasteiger partial charge in [-0.3, -0.25) is 29.8 Å². The molecule has 0 saturated heterocycles. The standard InChI is InChI=1S/C14H8N2O6/c17-7-9-5-11(15(19)20)1-3-13(9)14-4-2-12(16(21)22)6-10(14)8-18/h1-8H. The van der Waals surface area contributed by atoms with E-state index in [4.69, 9.17) is 0 Å². The molecule has 2 aromatic rings. The van der Waals surface area contributed by atoms with Crippen molar-refractivity contribution < 1.29 is 19.4 Å². The molecule has 8 nitrogen and oxygen atoms in total. The number of benzene rings is 2. The lowest BCUT2D eigenvalue weighted by Crippen LogP contribution is -1.97. The Labute approximate surface area is 123 Å². The molecular weight excluding hydrogens is 292 g/mol. The third-order valence-electron chi connectivity index (χ3n) is 3.04. The first-order valence-corrected chi connectivity index (χ1v) is 5.95. The van der Waals surface area contributed by atoms with Crippen molar-refractivity contribution >= 4 is 23.9 Å². The van der Waals surface area contributed by atoms with E-state index in [0.717, 1.165) is 12.1 Å². The van der Waals surface area contributed by atoms with Crippen molar-refractivity contribution in [2.45, 2.75) is 0 Å². The molecule has 0 aliphatic carbocycles. The summed E-state index contributed by atoms with van der Waals surface area (Å²) in [7, 11) is 0. The monoisotopic (exact) mass is 300 g/mol. The van der Waals surface area contributed by atoms with Gasteiger partial charge in [0.15, 0.2) is 12.6 Å². The van der Waals surface area contributed by atoms with Crippen LogP contribution in [-0.4, -0.2) is 22.4 Å². The number of carbonyl (C=O) groups is 2. The van der Waals surface area contributed by atoms with E-state index < -0.39 is 9.85 Å². The lowest BCUT2D eigenvalue weighted by atomic mass is 9.95. The van der Waals surface area contributed by atoms with Gasteiger partial charge in [-0.15, -0.1) is 0 Å².